The first kappa shape index (κ1) is 14.9. The van der Waals surface area contributed by atoms with Crippen molar-refractivity contribution in [3.63, 3.8) is 0 Å². The Morgan fingerprint density at radius 2 is 2.00 bits per heavy atom. The molecule has 0 unspecified atom stereocenters. The molecule has 1 amide bonds. The number of halogens is 2. The van der Waals surface area contributed by atoms with Gasteiger partial charge in [-0.1, -0.05) is 0 Å². The minimum atomic E-state index is -0.994. The van der Waals surface area contributed by atoms with Crippen LogP contribution in [-0.2, 0) is 0 Å². The van der Waals surface area contributed by atoms with Crippen LogP contribution in [0.1, 0.15) is 10.4 Å². The van der Waals surface area contributed by atoms with Crippen LogP contribution >= 0.6 is 0 Å². The predicted molar refractivity (Wildman–Crippen MR) is 72.6 cm³/mol. The Hall–Kier alpha value is -1.53. The molecule has 0 aromatic heterocycles. The maximum atomic E-state index is 13.1. The first-order valence-electron chi connectivity index (χ1n) is 6.71. The molecule has 0 atom stereocenters. The molecular formula is C14H19F2N3O. The molecule has 2 rings (SSSR count). The van der Waals surface area contributed by atoms with E-state index in [1.165, 1.54) is 11.0 Å². The van der Waals surface area contributed by atoms with Gasteiger partial charge in [0.25, 0.3) is 5.91 Å². The molecule has 0 aliphatic carbocycles. The second-order valence-electron chi connectivity index (χ2n) is 4.95. The molecule has 1 aliphatic rings. The largest absolute Gasteiger partial charge is 0.340 e. The summed E-state index contributed by atoms with van der Waals surface area (Å²) in [5.74, 6) is -2.23. The Bertz CT molecular complexity index is 475. The average molecular weight is 283 g/mol. The molecule has 1 aromatic carbocycles. The van der Waals surface area contributed by atoms with Crippen LogP contribution in [0.4, 0.5) is 8.78 Å². The second kappa shape index (κ2) is 6.76. The van der Waals surface area contributed by atoms with Crippen LogP contribution in [0.5, 0.6) is 0 Å². The van der Waals surface area contributed by atoms with Crippen LogP contribution in [0.15, 0.2) is 18.2 Å². The average Bonchev–Trinajstić information content (AvgIpc) is 2.48. The SMILES string of the molecule is CN(CCN1CCNCC1)C(=O)c1ccc(F)c(F)c1. The highest BCUT2D eigenvalue weighted by atomic mass is 19.2. The molecule has 1 saturated heterocycles. The molecule has 1 fully saturated rings. The van der Waals surface area contributed by atoms with E-state index in [9.17, 15) is 13.6 Å². The minimum absolute atomic E-state index is 0.173. The molecule has 0 spiro atoms. The Kier molecular flexibility index (Phi) is 5.03. The zero-order valence-electron chi connectivity index (χ0n) is 11.5. The van der Waals surface area contributed by atoms with Crippen LogP contribution < -0.4 is 5.32 Å². The van der Waals surface area contributed by atoms with Gasteiger partial charge in [0, 0.05) is 51.9 Å². The predicted octanol–water partition coefficient (Wildman–Crippen LogP) is 0.942. The Labute approximate surface area is 117 Å². The van der Waals surface area contributed by atoms with Gasteiger partial charge in [-0.3, -0.25) is 9.69 Å². The summed E-state index contributed by atoms with van der Waals surface area (Å²) in [5.41, 5.74) is 0.173. The van der Waals surface area contributed by atoms with E-state index in [0.717, 1.165) is 44.9 Å². The van der Waals surface area contributed by atoms with Gasteiger partial charge in [-0.2, -0.15) is 0 Å². The van der Waals surface area contributed by atoms with Crippen molar-refractivity contribution in [2.45, 2.75) is 0 Å². The number of amides is 1. The maximum absolute atomic E-state index is 13.1. The number of carbonyl (C=O) groups is 1. The number of likely N-dealkylation sites (N-methyl/N-ethyl adjacent to an activating group) is 1. The van der Waals surface area contributed by atoms with E-state index in [2.05, 4.69) is 10.2 Å². The molecule has 4 nitrogen and oxygen atoms in total. The summed E-state index contributed by atoms with van der Waals surface area (Å²) in [5, 5.41) is 3.26. The van der Waals surface area contributed by atoms with Crippen molar-refractivity contribution in [1.82, 2.24) is 15.1 Å². The molecule has 6 heteroatoms. The normalized spacial score (nSPS) is 16.1. The van der Waals surface area contributed by atoms with Gasteiger partial charge in [-0.05, 0) is 18.2 Å². The quantitative estimate of drug-likeness (QED) is 0.893. The van der Waals surface area contributed by atoms with Crippen LogP contribution in [0, 0.1) is 11.6 Å². The summed E-state index contributed by atoms with van der Waals surface area (Å²) in [4.78, 5) is 15.9. The molecule has 0 radical (unpaired) electrons. The molecule has 110 valence electrons. The van der Waals surface area contributed by atoms with Gasteiger partial charge in [0.05, 0.1) is 0 Å². The molecule has 1 aromatic rings. The van der Waals surface area contributed by atoms with Crippen LogP contribution in [0.2, 0.25) is 0 Å². The van der Waals surface area contributed by atoms with E-state index in [1.807, 2.05) is 0 Å². The monoisotopic (exact) mass is 283 g/mol. The van der Waals surface area contributed by atoms with E-state index in [-0.39, 0.29) is 11.5 Å². The summed E-state index contributed by atoms with van der Waals surface area (Å²) in [6.07, 6.45) is 0. The number of nitrogens with zero attached hydrogens (tertiary/aromatic N) is 2. The third-order valence-corrected chi connectivity index (χ3v) is 3.47. The second-order valence-corrected chi connectivity index (χ2v) is 4.95. The highest BCUT2D eigenvalue weighted by molar-refractivity contribution is 5.94. The fourth-order valence-electron chi connectivity index (χ4n) is 2.18. The lowest BCUT2D eigenvalue weighted by Gasteiger charge is -2.29. The van der Waals surface area contributed by atoms with E-state index < -0.39 is 11.6 Å². The summed E-state index contributed by atoms with van der Waals surface area (Å²) in [6.45, 7) is 5.20. The van der Waals surface area contributed by atoms with Crippen molar-refractivity contribution < 1.29 is 13.6 Å². The van der Waals surface area contributed by atoms with Gasteiger partial charge >= 0.3 is 0 Å². The molecule has 1 aliphatic heterocycles. The van der Waals surface area contributed by atoms with Crippen molar-refractivity contribution in [3.8, 4) is 0 Å². The van der Waals surface area contributed by atoms with Crippen molar-refractivity contribution >= 4 is 5.91 Å². The van der Waals surface area contributed by atoms with Crippen LogP contribution in [0.3, 0.4) is 0 Å². The molecule has 1 heterocycles. The van der Waals surface area contributed by atoms with Crippen molar-refractivity contribution in [1.29, 1.82) is 0 Å². The van der Waals surface area contributed by atoms with Crippen LogP contribution in [-0.4, -0.2) is 62.0 Å². The highest BCUT2D eigenvalue weighted by Gasteiger charge is 2.16. The first-order chi connectivity index (χ1) is 9.58. The summed E-state index contributed by atoms with van der Waals surface area (Å²) in [7, 11) is 1.67. The third-order valence-electron chi connectivity index (χ3n) is 3.47. The Morgan fingerprint density at radius 1 is 1.30 bits per heavy atom. The number of nitrogens with one attached hydrogen (secondary N) is 1. The molecule has 0 bridgehead atoms. The van der Waals surface area contributed by atoms with Gasteiger partial charge in [0.15, 0.2) is 11.6 Å². The number of carbonyl (C=O) groups excluding carboxylic acids is 1. The fourth-order valence-corrected chi connectivity index (χ4v) is 2.18. The fraction of sp³-hybridized carbons (Fsp3) is 0.500. The topological polar surface area (TPSA) is 35.6 Å². The number of benzene rings is 1. The maximum Gasteiger partial charge on any atom is 0.253 e. The summed E-state index contributed by atoms with van der Waals surface area (Å²) in [6, 6.07) is 3.23. The van der Waals surface area contributed by atoms with Gasteiger partial charge in [0.1, 0.15) is 0 Å². The lowest BCUT2D eigenvalue weighted by atomic mass is 10.2. The standard InChI is InChI=1S/C14H19F2N3O/c1-18(8-9-19-6-4-17-5-7-19)14(20)11-2-3-12(15)13(16)10-11/h2-3,10,17H,4-9H2,1H3. The van der Waals surface area contributed by atoms with Crippen LogP contribution in [0.25, 0.3) is 0 Å². The van der Waals surface area contributed by atoms with E-state index in [1.54, 1.807) is 7.05 Å². The van der Waals surface area contributed by atoms with Crippen molar-refractivity contribution in [3.05, 3.63) is 35.4 Å². The number of rotatable bonds is 4. The summed E-state index contributed by atoms with van der Waals surface area (Å²) < 4.78 is 26.0. The number of hydrogen-bond acceptors (Lipinski definition) is 3. The number of piperazine rings is 1. The van der Waals surface area contributed by atoms with Crippen molar-refractivity contribution in [2.24, 2.45) is 0 Å². The van der Waals surface area contributed by atoms with E-state index in [0.29, 0.717) is 6.54 Å². The summed E-state index contributed by atoms with van der Waals surface area (Å²) >= 11 is 0. The van der Waals surface area contributed by atoms with Gasteiger partial charge in [-0.15, -0.1) is 0 Å². The van der Waals surface area contributed by atoms with Gasteiger partial charge in [0.2, 0.25) is 0 Å². The van der Waals surface area contributed by atoms with E-state index in [4.69, 9.17) is 0 Å². The molecule has 1 N–H and O–H groups in total. The van der Waals surface area contributed by atoms with Crippen molar-refractivity contribution in [2.75, 3.05) is 46.3 Å². The molecular weight excluding hydrogens is 264 g/mol. The zero-order chi connectivity index (χ0) is 14.5. The minimum Gasteiger partial charge on any atom is -0.340 e. The highest BCUT2D eigenvalue weighted by Crippen LogP contribution is 2.10. The smallest absolute Gasteiger partial charge is 0.253 e. The third kappa shape index (κ3) is 3.74. The lowest BCUT2D eigenvalue weighted by molar-refractivity contribution is 0.0774. The van der Waals surface area contributed by atoms with Gasteiger partial charge < -0.3 is 10.2 Å². The zero-order valence-corrected chi connectivity index (χ0v) is 11.5. The van der Waals surface area contributed by atoms with E-state index >= 15 is 0 Å². The lowest BCUT2D eigenvalue weighted by Crippen LogP contribution is -2.46. The Balaban J connectivity index is 1.89. The Morgan fingerprint density at radius 3 is 2.65 bits per heavy atom. The van der Waals surface area contributed by atoms with Gasteiger partial charge in [-0.25, -0.2) is 8.78 Å². The number of hydrogen-bond donors (Lipinski definition) is 1. The first-order valence-corrected chi connectivity index (χ1v) is 6.71. The molecule has 20 heavy (non-hydrogen) atoms. The molecule has 0 saturated carbocycles.